The summed E-state index contributed by atoms with van der Waals surface area (Å²) in [6.45, 7) is 1.48. The minimum atomic E-state index is -1.98. The van der Waals surface area contributed by atoms with Crippen molar-refractivity contribution in [2.24, 2.45) is 0 Å². The number of ether oxygens (including phenoxy) is 6. The average Bonchev–Trinajstić information content (AvgIpc) is 2.27. The SMILES string of the molecule is CC/C=C\C/C=C\C/C=C\C/C=C\C/C=C\C/C=C\C/C=C\CCCCCCCCCCCCCC(=O)NC(COC1OC(CO)C(OC2OC(CO)C(OC3OC(CO)C(O)C(O)C3O)C(O)C2O)C(O)C1O)C(O)/C=C/CCCCCC. The smallest absolute Gasteiger partial charge is 0.220 e. The van der Waals surface area contributed by atoms with Gasteiger partial charge >= 0.3 is 0 Å². The van der Waals surface area contributed by atoms with Gasteiger partial charge in [-0.25, -0.2) is 0 Å². The summed E-state index contributed by atoms with van der Waals surface area (Å²) in [5, 5.41) is 120. The zero-order valence-corrected chi connectivity index (χ0v) is 50.3. The number of aliphatic hydroxyl groups is 11. The van der Waals surface area contributed by atoms with E-state index in [0.29, 0.717) is 6.42 Å². The molecule has 3 fully saturated rings. The predicted octanol–water partition coefficient (Wildman–Crippen LogP) is 6.54. The second-order valence-electron chi connectivity index (χ2n) is 22.1. The van der Waals surface area contributed by atoms with Gasteiger partial charge in [-0.15, -0.1) is 0 Å². The van der Waals surface area contributed by atoms with Crippen LogP contribution >= 0.6 is 0 Å². The van der Waals surface area contributed by atoms with Crippen LogP contribution in [0.15, 0.2) is 97.2 Å². The van der Waals surface area contributed by atoms with Gasteiger partial charge in [0, 0.05) is 6.42 Å². The van der Waals surface area contributed by atoms with Crippen molar-refractivity contribution >= 4 is 5.91 Å². The number of aliphatic hydroxyl groups excluding tert-OH is 11. The van der Waals surface area contributed by atoms with Gasteiger partial charge in [0.2, 0.25) is 5.91 Å². The number of nitrogens with one attached hydrogen (secondary N) is 1. The maximum atomic E-state index is 13.2. The lowest BCUT2D eigenvalue weighted by molar-refractivity contribution is -0.379. The van der Waals surface area contributed by atoms with E-state index in [0.717, 1.165) is 109 Å². The number of unbranched alkanes of at least 4 members (excludes halogenated alkanes) is 15. The Morgan fingerprint density at radius 3 is 1.29 bits per heavy atom. The molecule has 17 unspecified atom stereocenters. The lowest BCUT2D eigenvalue weighted by Gasteiger charge is -2.48. The number of carbonyl (C=O) groups excluding carboxylic acids is 1. The van der Waals surface area contributed by atoms with Crippen molar-refractivity contribution in [3.05, 3.63) is 97.2 Å². The summed E-state index contributed by atoms with van der Waals surface area (Å²) in [7, 11) is 0. The highest BCUT2D eigenvalue weighted by Gasteiger charge is 2.53. The average molecular weight is 1190 g/mol. The van der Waals surface area contributed by atoms with Gasteiger partial charge in [-0.05, 0) is 77.0 Å². The number of rotatable bonds is 45. The molecular weight excluding hydrogens is 1080 g/mol. The van der Waals surface area contributed by atoms with Crippen molar-refractivity contribution in [2.45, 2.75) is 279 Å². The molecule has 19 heteroatoms. The van der Waals surface area contributed by atoms with E-state index in [-0.39, 0.29) is 18.9 Å². The Morgan fingerprint density at radius 1 is 0.440 bits per heavy atom. The molecule has 3 aliphatic rings. The van der Waals surface area contributed by atoms with Crippen LogP contribution in [0.25, 0.3) is 0 Å². The molecule has 17 atom stereocenters. The van der Waals surface area contributed by atoms with E-state index in [9.17, 15) is 61.0 Å². The van der Waals surface area contributed by atoms with E-state index >= 15 is 0 Å². The Morgan fingerprint density at radius 2 is 0.821 bits per heavy atom. The Hall–Kier alpha value is -3.29. The Balaban J connectivity index is 1.33. The van der Waals surface area contributed by atoms with Crippen molar-refractivity contribution in [1.82, 2.24) is 5.32 Å². The number of hydrogen-bond donors (Lipinski definition) is 12. The van der Waals surface area contributed by atoms with Gasteiger partial charge in [0.15, 0.2) is 18.9 Å². The quantitative estimate of drug-likeness (QED) is 0.0228. The molecule has 3 heterocycles. The fourth-order valence-electron chi connectivity index (χ4n) is 9.99. The monoisotopic (exact) mass is 1190 g/mol. The second kappa shape index (κ2) is 46.8. The molecule has 0 radical (unpaired) electrons. The van der Waals surface area contributed by atoms with Gasteiger partial charge < -0.3 is 89.9 Å². The standard InChI is InChI=1S/C65H109NO18/c1-3-5-7-9-11-12-13-14-15-16-17-18-19-20-21-22-23-24-25-26-27-28-29-30-31-32-33-34-35-36-37-39-41-43-53(71)66-48(49(70)42-40-38-10-8-6-4-2)47-79-63-59(77)56(74)61(51(45-68)81-63)84-65-60(78)57(75)62(52(46-69)82-65)83-64-58(76)55(73)54(72)50(44-67)80-64/h5,7,11-12,14-15,17-18,20-21,23-24,26-27,40,42,48-52,54-65,67-70,72-78H,3-4,6,8-10,13,16,19,22,25,28-39,41,43-47H2,1-2H3,(H,66,71)/b7-5-,12-11-,15-14-,18-17-,21-20-,24-23-,27-26-,42-40+. The zero-order chi connectivity index (χ0) is 61.2. The van der Waals surface area contributed by atoms with Crippen LogP contribution in [0.4, 0.5) is 0 Å². The summed E-state index contributed by atoms with van der Waals surface area (Å²) in [5.41, 5.74) is 0. The largest absolute Gasteiger partial charge is 0.394 e. The van der Waals surface area contributed by atoms with Crippen LogP contribution in [-0.4, -0.2) is 193 Å². The van der Waals surface area contributed by atoms with Crippen molar-refractivity contribution in [1.29, 1.82) is 0 Å². The summed E-state index contributed by atoms with van der Waals surface area (Å²) < 4.78 is 34.1. The molecular formula is C65H109NO18. The Kier molecular flexibility index (Phi) is 41.8. The number of allylic oxidation sites excluding steroid dienone is 15. The highest BCUT2D eigenvalue weighted by atomic mass is 16.8. The van der Waals surface area contributed by atoms with Crippen LogP contribution in [0.2, 0.25) is 0 Å². The number of hydrogen-bond acceptors (Lipinski definition) is 18. The van der Waals surface area contributed by atoms with Gasteiger partial charge in [0.25, 0.3) is 0 Å². The maximum Gasteiger partial charge on any atom is 0.220 e. The molecule has 3 aliphatic heterocycles. The zero-order valence-electron chi connectivity index (χ0n) is 50.3. The van der Waals surface area contributed by atoms with Crippen LogP contribution in [-0.2, 0) is 33.2 Å². The third kappa shape index (κ3) is 29.6. The van der Waals surface area contributed by atoms with Crippen LogP contribution in [0.1, 0.15) is 174 Å². The molecule has 0 bridgehead atoms. The second-order valence-corrected chi connectivity index (χ2v) is 22.1. The molecule has 84 heavy (non-hydrogen) atoms. The molecule has 3 saturated heterocycles. The fourth-order valence-corrected chi connectivity index (χ4v) is 9.99. The van der Waals surface area contributed by atoms with Crippen molar-refractivity contribution < 1.29 is 89.4 Å². The van der Waals surface area contributed by atoms with Crippen LogP contribution in [0.5, 0.6) is 0 Å². The molecule has 0 aromatic carbocycles. The minimum absolute atomic E-state index is 0.232. The summed E-state index contributed by atoms with van der Waals surface area (Å²) >= 11 is 0. The molecule has 0 aromatic heterocycles. The van der Waals surface area contributed by atoms with E-state index in [2.05, 4.69) is 104 Å². The summed E-state index contributed by atoms with van der Waals surface area (Å²) in [6, 6.07) is -0.977. The van der Waals surface area contributed by atoms with Gasteiger partial charge in [-0.2, -0.15) is 0 Å². The molecule has 0 aliphatic carbocycles. The predicted molar refractivity (Wildman–Crippen MR) is 323 cm³/mol. The lowest BCUT2D eigenvalue weighted by atomic mass is 9.96. The molecule has 3 rings (SSSR count). The van der Waals surface area contributed by atoms with E-state index in [1.807, 2.05) is 6.08 Å². The topological polar surface area (TPSA) is 307 Å². The minimum Gasteiger partial charge on any atom is -0.394 e. The molecule has 0 saturated carbocycles. The maximum absolute atomic E-state index is 13.2. The lowest BCUT2D eigenvalue weighted by Crippen LogP contribution is -2.66. The van der Waals surface area contributed by atoms with Crippen LogP contribution < -0.4 is 5.32 Å². The highest BCUT2D eigenvalue weighted by molar-refractivity contribution is 5.76. The molecule has 12 N–H and O–H groups in total. The third-order valence-electron chi connectivity index (χ3n) is 15.1. The first-order valence-electron chi connectivity index (χ1n) is 31.5. The van der Waals surface area contributed by atoms with E-state index in [4.69, 9.17) is 28.4 Å². The fraction of sp³-hybridized carbons (Fsp3) is 0.738. The first-order valence-corrected chi connectivity index (χ1v) is 31.5. The van der Waals surface area contributed by atoms with Crippen LogP contribution in [0.3, 0.4) is 0 Å². The Bertz CT molecular complexity index is 1910. The van der Waals surface area contributed by atoms with Gasteiger partial charge in [0.1, 0.15) is 73.2 Å². The first-order chi connectivity index (χ1) is 40.8. The molecule has 0 aromatic rings. The van der Waals surface area contributed by atoms with Gasteiger partial charge in [-0.3, -0.25) is 4.79 Å². The van der Waals surface area contributed by atoms with Crippen molar-refractivity contribution in [3.8, 4) is 0 Å². The molecule has 19 nitrogen and oxygen atoms in total. The highest BCUT2D eigenvalue weighted by Crippen LogP contribution is 2.33. The van der Waals surface area contributed by atoms with Crippen LogP contribution in [0, 0.1) is 0 Å². The summed E-state index contributed by atoms with van der Waals surface area (Å²) in [4.78, 5) is 13.2. The van der Waals surface area contributed by atoms with E-state index < -0.39 is 124 Å². The van der Waals surface area contributed by atoms with Crippen molar-refractivity contribution in [2.75, 3.05) is 26.4 Å². The van der Waals surface area contributed by atoms with Crippen molar-refractivity contribution in [3.63, 3.8) is 0 Å². The third-order valence-corrected chi connectivity index (χ3v) is 15.1. The van der Waals surface area contributed by atoms with Gasteiger partial charge in [0.05, 0.1) is 38.6 Å². The number of amides is 1. The van der Waals surface area contributed by atoms with E-state index in [1.165, 1.54) is 38.5 Å². The molecule has 482 valence electrons. The number of carbonyl (C=O) groups is 1. The Labute approximate surface area is 501 Å². The summed E-state index contributed by atoms with van der Waals surface area (Å²) in [6.07, 6.45) is 33.2. The summed E-state index contributed by atoms with van der Waals surface area (Å²) in [5.74, 6) is -0.290. The normalized spacial score (nSPS) is 29.8. The van der Waals surface area contributed by atoms with Gasteiger partial charge in [-0.1, -0.05) is 188 Å². The first kappa shape index (κ1) is 75.0. The molecule has 1 amide bonds. The van der Waals surface area contributed by atoms with E-state index in [1.54, 1.807) is 6.08 Å². The molecule has 0 spiro atoms.